The monoisotopic (exact) mass is 576 g/mol. The van der Waals surface area contributed by atoms with Crippen molar-refractivity contribution >= 4 is 16.4 Å². The summed E-state index contributed by atoms with van der Waals surface area (Å²) in [6.07, 6.45) is -0.892. The number of carbonyl (C=O) groups is 1. The van der Waals surface area contributed by atoms with Crippen LogP contribution in [0.1, 0.15) is 78.6 Å². The Morgan fingerprint density at radius 2 is 1.64 bits per heavy atom. The summed E-state index contributed by atoms with van der Waals surface area (Å²) in [6, 6.07) is 0. The van der Waals surface area contributed by atoms with Crippen molar-refractivity contribution in [2.45, 2.75) is 121 Å². The van der Waals surface area contributed by atoms with Gasteiger partial charge in [0.1, 0.15) is 18.3 Å². The highest BCUT2D eigenvalue weighted by Crippen LogP contribution is 2.67. The maximum atomic E-state index is 11.6. The van der Waals surface area contributed by atoms with Crippen LogP contribution in [0.2, 0.25) is 0 Å². The van der Waals surface area contributed by atoms with Crippen LogP contribution in [0.4, 0.5) is 0 Å². The fourth-order valence-electron chi connectivity index (χ4n) is 9.77. The van der Waals surface area contributed by atoms with E-state index >= 15 is 0 Å². The van der Waals surface area contributed by atoms with Gasteiger partial charge in [0, 0.05) is 0 Å². The summed E-state index contributed by atoms with van der Waals surface area (Å²) < 4.78 is 47.5. The summed E-state index contributed by atoms with van der Waals surface area (Å²) in [5, 5.41) is 40.9. The van der Waals surface area contributed by atoms with Crippen molar-refractivity contribution in [2.24, 2.45) is 40.4 Å². The Labute approximate surface area is 230 Å². The topological polar surface area (TPSA) is 180 Å². The third kappa shape index (κ3) is 5.17. The Hall–Kier alpha value is -0.860. The lowest BCUT2D eigenvalue weighted by Crippen LogP contribution is -2.62. The van der Waals surface area contributed by atoms with E-state index in [1.165, 1.54) is 6.42 Å². The van der Waals surface area contributed by atoms with E-state index in [1.54, 1.807) is 0 Å². The molecular weight excluding hydrogens is 532 g/mol. The van der Waals surface area contributed by atoms with Crippen molar-refractivity contribution in [3.63, 3.8) is 0 Å². The minimum absolute atomic E-state index is 0.134. The number of hydrogen-bond acceptors (Lipinski definition) is 9. The number of ether oxygens (including phenoxy) is 2. The van der Waals surface area contributed by atoms with Gasteiger partial charge in [0.2, 0.25) is 0 Å². The average molecular weight is 577 g/mol. The average Bonchev–Trinajstić information content (AvgIpc) is 3.20. The summed E-state index contributed by atoms with van der Waals surface area (Å²) in [6.45, 7) is 6.73. The molecule has 0 aromatic heterocycles. The molecule has 0 aromatic carbocycles. The highest BCUT2D eigenvalue weighted by molar-refractivity contribution is 7.80. The van der Waals surface area contributed by atoms with Gasteiger partial charge in [0.15, 0.2) is 12.4 Å². The SMILES string of the molecule is C[C@H](O)[C@H]1CC[C@H]2[C@@H]3CC[C@@H]4C[C@H](O[C@@H]5O[C@H](C(=O)O)[C@@H](O)[C@H](OS(=O)(=O)O)[C@H]5O)CC[C@]4(C)[C@H]3CC[C@]12C. The molecule has 0 unspecified atom stereocenters. The molecule has 5 fully saturated rings. The Bertz CT molecular complexity index is 1030. The van der Waals surface area contributed by atoms with Gasteiger partial charge in [-0.15, -0.1) is 0 Å². The number of hydrogen-bond donors (Lipinski definition) is 5. The highest BCUT2D eigenvalue weighted by Gasteiger charge is 2.61. The highest BCUT2D eigenvalue weighted by atomic mass is 32.3. The molecule has 4 saturated carbocycles. The Morgan fingerprint density at radius 3 is 2.28 bits per heavy atom. The molecule has 14 atom stereocenters. The number of carboxylic acid groups (broad SMARTS) is 1. The minimum Gasteiger partial charge on any atom is -0.479 e. The second kappa shape index (κ2) is 10.4. The quantitative estimate of drug-likeness (QED) is 0.231. The number of fused-ring (bicyclic) bond motifs is 5. The first-order valence-corrected chi connectivity index (χ1v) is 15.8. The van der Waals surface area contributed by atoms with E-state index in [4.69, 9.17) is 14.0 Å². The Kier molecular flexibility index (Phi) is 7.94. The van der Waals surface area contributed by atoms with Gasteiger partial charge in [0.25, 0.3) is 0 Å². The van der Waals surface area contributed by atoms with Gasteiger partial charge in [-0.1, -0.05) is 13.8 Å². The molecule has 5 aliphatic rings. The maximum absolute atomic E-state index is 11.6. The number of rotatable bonds is 6. The molecule has 5 rings (SSSR count). The third-order valence-electron chi connectivity index (χ3n) is 11.6. The first-order valence-electron chi connectivity index (χ1n) is 14.4. The molecular formula is C27H44O11S. The molecule has 1 heterocycles. The van der Waals surface area contributed by atoms with Crippen LogP contribution in [-0.2, 0) is 28.9 Å². The molecule has 0 aromatic rings. The van der Waals surface area contributed by atoms with Crippen LogP contribution >= 0.6 is 0 Å². The fourth-order valence-corrected chi connectivity index (χ4v) is 10.3. The zero-order valence-corrected chi connectivity index (χ0v) is 23.7. The number of aliphatic carboxylic acids is 1. The van der Waals surface area contributed by atoms with E-state index in [0.29, 0.717) is 42.4 Å². The molecule has 0 bridgehead atoms. The Balaban J connectivity index is 1.27. The smallest absolute Gasteiger partial charge is 0.397 e. The molecule has 0 radical (unpaired) electrons. The molecule has 1 aliphatic heterocycles. The molecule has 0 spiro atoms. The van der Waals surface area contributed by atoms with E-state index in [2.05, 4.69) is 18.0 Å². The number of aliphatic hydroxyl groups excluding tert-OH is 3. The van der Waals surface area contributed by atoms with Gasteiger partial charge >= 0.3 is 16.4 Å². The van der Waals surface area contributed by atoms with Crippen molar-refractivity contribution in [2.75, 3.05) is 0 Å². The van der Waals surface area contributed by atoms with E-state index < -0.39 is 47.1 Å². The van der Waals surface area contributed by atoms with Crippen LogP contribution in [0.25, 0.3) is 0 Å². The van der Waals surface area contributed by atoms with Crippen molar-refractivity contribution < 1.29 is 51.8 Å². The first kappa shape index (κ1) is 29.6. The summed E-state index contributed by atoms with van der Waals surface area (Å²) >= 11 is 0. The standard InChI is InChI=1S/C27H44O11S/c1-13(28)17-6-7-18-16-5-4-14-12-15(8-10-26(14,2)19(16)9-11-27(17,18)3)36-25-21(30)22(38-39(33,34)35)20(29)23(37-25)24(31)32/h13-23,25,28-30H,4-12H2,1-3H3,(H,31,32)(H,33,34,35)/t13-,14+,15+,16-,17+,18-,19-,20-,21+,22-,23-,25+,26-,27+/m0/s1. The summed E-state index contributed by atoms with van der Waals surface area (Å²) in [7, 11) is -5.09. The first-order chi connectivity index (χ1) is 18.2. The minimum atomic E-state index is -5.09. The molecule has 39 heavy (non-hydrogen) atoms. The Morgan fingerprint density at radius 1 is 0.974 bits per heavy atom. The lowest BCUT2D eigenvalue weighted by molar-refractivity contribution is -0.306. The summed E-state index contributed by atoms with van der Waals surface area (Å²) in [5.74, 6) is 1.04. The van der Waals surface area contributed by atoms with Crippen LogP contribution < -0.4 is 0 Å². The van der Waals surface area contributed by atoms with Gasteiger partial charge in [-0.05, 0) is 105 Å². The molecule has 11 nitrogen and oxygen atoms in total. The number of carboxylic acids is 1. The van der Waals surface area contributed by atoms with Crippen molar-refractivity contribution in [1.29, 1.82) is 0 Å². The van der Waals surface area contributed by atoms with E-state index in [1.807, 2.05) is 6.92 Å². The fraction of sp³-hybridized carbons (Fsp3) is 0.963. The second-order valence-corrected chi connectivity index (χ2v) is 14.4. The van der Waals surface area contributed by atoms with Crippen LogP contribution in [0, 0.1) is 40.4 Å². The third-order valence-corrected chi connectivity index (χ3v) is 12.1. The molecule has 5 N–H and O–H groups in total. The van der Waals surface area contributed by atoms with Gasteiger partial charge in [-0.2, -0.15) is 8.42 Å². The number of aliphatic hydroxyl groups is 3. The molecule has 4 aliphatic carbocycles. The van der Waals surface area contributed by atoms with Gasteiger partial charge < -0.3 is 29.9 Å². The molecule has 224 valence electrons. The normalized spacial score (nSPS) is 50.9. The van der Waals surface area contributed by atoms with Gasteiger partial charge in [0.05, 0.1) is 12.2 Å². The maximum Gasteiger partial charge on any atom is 0.397 e. The zero-order valence-electron chi connectivity index (χ0n) is 22.9. The van der Waals surface area contributed by atoms with E-state index in [9.17, 15) is 33.6 Å². The van der Waals surface area contributed by atoms with Crippen LogP contribution in [0.5, 0.6) is 0 Å². The molecule has 0 amide bonds. The van der Waals surface area contributed by atoms with Crippen molar-refractivity contribution in [3.05, 3.63) is 0 Å². The summed E-state index contributed by atoms with van der Waals surface area (Å²) in [5.41, 5.74) is 0.328. The van der Waals surface area contributed by atoms with Crippen LogP contribution in [0.3, 0.4) is 0 Å². The van der Waals surface area contributed by atoms with Crippen molar-refractivity contribution in [3.8, 4) is 0 Å². The van der Waals surface area contributed by atoms with Crippen LogP contribution in [0.15, 0.2) is 0 Å². The second-order valence-electron chi connectivity index (χ2n) is 13.4. The van der Waals surface area contributed by atoms with Crippen LogP contribution in [-0.4, -0.2) is 82.3 Å². The molecule has 12 heteroatoms. The predicted octanol–water partition coefficient (Wildman–Crippen LogP) is 2.13. The lowest BCUT2D eigenvalue weighted by atomic mass is 9.44. The van der Waals surface area contributed by atoms with Crippen molar-refractivity contribution in [1.82, 2.24) is 0 Å². The van der Waals surface area contributed by atoms with E-state index in [0.717, 1.165) is 38.5 Å². The largest absolute Gasteiger partial charge is 0.479 e. The lowest BCUT2D eigenvalue weighted by Gasteiger charge is -2.61. The zero-order chi connectivity index (χ0) is 28.5. The van der Waals surface area contributed by atoms with Gasteiger partial charge in [-0.25, -0.2) is 8.98 Å². The summed E-state index contributed by atoms with van der Waals surface area (Å²) in [4.78, 5) is 11.6. The predicted molar refractivity (Wildman–Crippen MR) is 137 cm³/mol. The molecule has 1 saturated heterocycles. The van der Waals surface area contributed by atoms with E-state index in [-0.39, 0.29) is 23.0 Å². The van der Waals surface area contributed by atoms with Gasteiger partial charge in [-0.3, -0.25) is 4.55 Å².